The Morgan fingerprint density at radius 1 is 0.923 bits per heavy atom. The van der Waals surface area contributed by atoms with Crippen LogP contribution in [-0.2, 0) is 81.1 Å². The maximum absolute atomic E-state index is 4.60. The number of benzene rings is 1. The van der Waals surface area contributed by atoms with Crippen LogP contribution in [0, 0.1) is 0 Å². The molecular weight excluding hydrogens is 475 g/mol. The largest absolute Gasteiger partial charge is 0.256 e. The van der Waals surface area contributed by atoms with E-state index in [4.69, 9.17) is 0 Å². The Morgan fingerprint density at radius 2 is 1.50 bits per heavy atom. The first-order valence-electron chi connectivity index (χ1n) is 7.37. The van der Waals surface area contributed by atoms with E-state index in [9.17, 15) is 0 Å². The number of pyridine rings is 1. The van der Waals surface area contributed by atoms with Crippen molar-refractivity contribution in [3.63, 3.8) is 0 Å². The van der Waals surface area contributed by atoms with E-state index in [2.05, 4.69) is 91.1 Å². The molecule has 0 aliphatic heterocycles. The Bertz CT molecular complexity index is 956. The molecule has 9 heteroatoms. The molecular formula is C17H19NS8. The van der Waals surface area contributed by atoms with Crippen molar-refractivity contribution in [3.8, 4) is 11.3 Å². The van der Waals surface area contributed by atoms with Crippen LogP contribution in [0.3, 0.4) is 0 Å². The highest BCUT2D eigenvalue weighted by Gasteiger charge is 2.14. The molecule has 0 saturated carbocycles. The van der Waals surface area contributed by atoms with Crippen molar-refractivity contribution in [2.45, 2.75) is 26.2 Å². The third-order valence-electron chi connectivity index (χ3n) is 3.21. The van der Waals surface area contributed by atoms with Crippen molar-refractivity contribution in [1.82, 2.24) is 4.98 Å². The van der Waals surface area contributed by atoms with Crippen molar-refractivity contribution >= 4 is 81.7 Å². The Balaban J connectivity index is 0.000000359. The molecule has 2 aromatic rings. The van der Waals surface area contributed by atoms with Gasteiger partial charge in [-0.25, -0.2) is 0 Å². The van der Waals surface area contributed by atoms with Crippen LogP contribution in [0.4, 0.5) is 0 Å². The smallest absolute Gasteiger partial charge is 0.0704 e. The van der Waals surface area contributed by atoms with Gasteiger partial charge in [0, 0.05) is 87.4 Å². The summed E-state index contributed by atoms with van der Waals surface area (Å²) in [6.07, 6.45) is 3.74. The van der Waals surface area contributed by atoms with Gasteiger partial charge in [0.2, 0.25) is 0 Å². The molecule has 2 rings (SSSR count). The molecule has 0 bridgehead atoms. The molecule has 1 aromatic heterocycles. The highest BCUT2D eigenvalue weighted by atomic mass is 33.4. The summed E-state index contributed by atoms with van der Waals surface area (Å²) in [6.45, 7) is 10.4. The molecule has 0 aliphatic rings. The van der Waals surface area contributed by atoms with Crippen LogP contribution < -0.4 is 0 Å². The summed E-state index contributed by atoms with van der Waals surface area (Å²) in [5.74, 6) is 0. The molecule has 0 fully saturated rings. The minimum Gasteiger partial charge on any atom is -0.256 e. The topological polar surface area (TPSA) is 12.9 Å². The quantitative estimate of drug-likeness (QED) is 0.603. The van der Waals surface area contributed by atoms with Crippen LogP contribution in [-0.4, -0.2) is 4.98 Å². The summed E-state index contributed by atoms with van der Waals surface area (Å²) in [5.41, 5.74) is 4.76. The Kier molecular flexibility index (Phi) is 12.1. The molecule has 0 unspecified atom stereocenters. The van der Waals surface area contributed by atoms with Gasteiger partial charge in [0.15, 0.2) is 0 Å². The van der Waals surface area contributed by atoms with Gasteiger partial charge in [0.25, 0.3) is 0 Å². The molecule has 1 nitrogen and oxygen atoms in total. The number of hydrogen-bond acceptors (Lipinski definition) is 3. The fourth-order valence-electron chi connectivity index (χ4n) is 1.89. The third kappa shape index (κ3) is 9.18. The van der Waals surface area contributed by atoms with Crippen molar-refractivity contribution in [1.29, 1.82) is 0 Å². The van der Waals surface area contributed by atoms with Crippen LogP contribution in [0.25, 0.3) is 17.3 Å². The zero-order chi connectivity index (χ0) is 19.4. The van der Waals surface area contributed by atoms with Gasteiger partial charge in [-0.15, -0.1) is 0 Å². The predicted molar refractivity (Wildman–Crippen MR) is 137 cm³/mol. The van der Waals surface area contributed by atoms with Gasteiger partial charge >= 0.3 is 0 Å². The average molecular weight is 494 g/mol. The number of aromatic nitrogens is 1. The summed E-state index contributed by atoms with van der Waals surface area (Å²) in [6, 6.07) is 12.6. The van der Waals surface area contributed by atoms with Gasteiger partial charge in [-0.2, -0.15) is 0 Å². The Hall–Kier alpha value is -0.130. The molecule has 0 radical (unpaired) electrons. The summed E-state index contributed by atoms with van der Waals surface area (Å²) in [5, 5.41) is 0. The van der Waals surface area contributed by atoms with E-state index < -0.39 is 0 Å². The van der Waals surface area contributed by atoms with Gasteiger partial charge in [-0.05, 0) is 28.7 Å². The monoisotopic (exact) mass is 493 g/mol. The lowest BCUT2D eigenvalue weighted by Crippen LogP contribution is -2.11. The van der Waals surface area contributed by atoms with E-state index >= 15 is 0 Å². The highest BCUT2D eigenvalue weighted by molar-refractivity contribution is 8.70. The number of rotatable bonds is 2. The SMILES string of the molecule is C=Cc1ccc(-c2cc(C(C)(C)C)ccn2)cc1.S=S=S=S=S=S=S=S. The lowest BCUT2D eigenvalue weighted by atomic mass is 9.87. The third-order valence-corrected chi connectivity index (χ3v) is 14.3. The standard InChI is InChI=1S/C17H19N.S8/c1-5-13-6-8-14(9-7-13)16-12-15(10-11-18-16)17(2,3)4;1-3-5-7-8-6-4-2/h5-12H,1H2,2-4H3;. The van der Waals surface area contributed by atoms with Crippen LogP contribution in [0.5, 0.6) is 0 Å². The number of hydrogen-bond donors (Lipinski definition) is 0. The lowest BCUT2D eigenvalue weighted by molar-refractivity contribution is 0.589. The number of nitrogens with zero attached hydrogens (tertiary/aromatic N) is 1. The summed E-state index contributed by atoms with van der Waals surface area (Å²) in [4.78, 5) is 4.45. The van der Waals surface area contributed by atoms with E-state index in [1.54, 1.807) is 35.5 Å². The summed E-state index contributed by atoms with van der Waals surface area (Å²) >= 11 is 9.21. The van der Waals surface area contributed by atoms with E-state index in [-0.39, 0.29) is 5.41 Å². The van der Waals surface area contributed by atoms with Crippen LogP contribution in [0.15, 0.2) is 49.2 Å². The highest BCUT2D eigenvalue weighted by Crippen LogP contribution is 2.26. The molecule has 1 aromatic carbocycles. The zero-order valence-corrected chi connectivity index (χ0v) is 21.1. The van der Waals surface area contributed by atoms with E-state index in [0.29, 0.717) is 0 Å². The minimum atomic E-state index is 0.152. The molecule has 0 N–H and O–H groups in total. The van der Waals surface area contributed by atoms with Gasteiger partial charge in [-0.3, -0.25) is 4.98 Å². The van der Waals surface area contributed by atoms with Gasteiger partial charge in [0.1, 0.15) is 0 Å². The van der Waals surface area contributed by atoms with Crippen LogP contribution >= 0.6 is 0 Å². The predicted octanol–water partition coefficient (Wildman–Crippen LogP) is 4.67. The van der Waals surface area contributed by atoms with Crippen molar-refractivity contribution in [2.24, 2.45) is 0 Å². The lowest BCUT2D eigenvalue weighted by Gasteiger charge is -2.19. The van der Waals surface area contributed by atoms with E-state index in [0.717, 1.165) is 16.8 Å². The second-order valence-corrected chi connectivity index (χ2v) is 16.5. The second-order valence-electron chi connectivity index (χ2n) is 5.91. The average Bonchev–Trinajstić information content (AvgIpc) is 2.65. The molecule has 0 spiro atoms. The molecule has 140 valence electrons. The first kappa shape index (κ1) is 23.9. The molecule has 0 saturated heterocycles. The van der Waals surface area contributed by atoms with Crippen molar-refractivity contribution < 1.29 is 0 Å². The molecule has 0 amide bonds. The first-order valence-corrected chi connectivity index (χ1v) is 16.7. The van der Waals surface area contributed by atoms with Crippen molar-refractivity contribution in [2.75, 3.05) is 0 Å². The van der Waals surface area contributed by atoms with E-state index in [1.807, 2.05) is 12.3 Å². The maximum atomic E-state index is 4.60. The summed E-state index contributed by atoms with van der Waals surface area (Å²) in [7, 11) is 9.12. The zero-order valence-electron chi connectivity index (χ0n) is 14.5. The Morgan fingerprint density at radius 3 is 1.96 bits per heavy atom. The van der Waals surface area contributed by atoms with Crippen molar-refractivity contribution in [3.05, 3.63) is 60.3 Å². The fourth-order valence-corrected chi connectivity index (χ4v) is 12.9. The normalized spacial score (nSPS) is 9.81. The van der Waals surface area contributed by atoms with Crippen LogP contribution in [0.1, 0.15) is 31.9 Å². The Labute approximate surface area is 182 Å². The first-order chi connectivity index (χ1) is 12.4. The van der Waals surface area contributed by atoms with Gasteiger partial charge < -0.3 is 0 Å². The molecule has 26 heavy (non-hydrogen) atoms. The van der Waals surface area contributed by atoms with Gasteiger partial charge in [-0.1, -0.05) is 57.7 Å². The molecule has 1 heterocycles. The van der Waals surface area contributed by atoms with Crippen LogP contribution in [0.2, 0.25) is 0 Å². The minimum absolute atomic E-state index is 0.152. The van der Waals surface area contributed by atoms with Gasteiger partial charge in [0.05, 0.1) is 5.69 Å². The fraction of sp³-hybridized carbons (Fsp3) is 0.235. The molecule has 0 atom stereocenters. The second kappa shape index (κ2) is 13.1. The van der Waals surface area contributed by atoms with E-state index in [1.165, 1.54) is 23.3 Å². The summed E-state index contributed by atoms with van der Waals surface area (Å²) < 4.78 is 0. The maximum Gasteiger partial charge on any atom is 0.0704 e. The molecule has 0 aliphatic carbocycles.